The summed E-state index contributed by atoms with van der Waals surface area (Å²) in [6.45, 7) is 2.14. The van der Waals surface area contributed by atoms with E-state index in [-0.39, 0.29) is 0 Å². The Morgan fingerprint density at radius 3 is 1.88 bits per heavy atom. The molecule has 0 rings (SSSR count). The van der Waals surface area contributed by atoms with Gasteiger partial charge >= 0.3 is 18.1 Å². The molecular weight excluding hydrogens is 245 g/mol. The van der Waals surface area contributed by atoms with Gasteiger partial charge in [-0.25, -0.2) is 0 Å². The third-order valence-electron chi connectivity index (χ3n) is 1.73. The van der Waals surface area contributed by atoms with Crippen LogP contribution in [0.5, 0.6) is 0 Å². The number of aliphatic carboxylic acids is 1. The Balaban J connectivity index is 4.34. The van der Waals surface area contributed by atoms with Gasteiger partial charge in [0.2, 0.25) is 5.91 Å². The largest absolute Gasteiger partial charge is 0.480 e. The number of alkyl halides is 3. The molecule has 0 aliphatic rings. The Morgan fingerprint density at radius 1 is 1.06 bits per heavy atom. The number of hydrogen-bond donors (Lipinski definition) is 3. The Morgan fingerprint density at radius 2 is 1.53 bits per heavy atom. The van der Waals surface area contributed by atoms with Crippen LogP contribution in [0.25, 0.3) is 0 Å². The predicted octanol–water partition coefficient (Wildman–Crippen LogP) is -0.357. The molecule has 0 heterocycles. The molecule has 0 aliphatic carbocycles. The highest BCUT2D eigenvalue weighted by atomic mass is 19.4. The second kappa shape index (κ2) is 5.51. The monoisotopic (exact) mass is 256 g/mol. The van der Waals surface area contributed by atoms with E-state index in [0.717, 1.165) is 13.8 Å². The van der Waals surface area contributed by atoms with Crippen molar-refractivity contribution in [1.82, 2.24) is 10.6 Å². The number of carbonyl (C=O) groups excluding carboxylic acids is 2. The van der Waals surface area contributed by atoms with Gasteiger partial charge in [0.25, 0.3) is 0 Å². The van der Waals surface area contributed by atoms with E-state index < -0.39 is 36.0 Å². The van der Waals surface area contributed by atoms with Crippen LogP contribution < -0.4 is 10.6 Å². The van der Waals surface area contributed by atoms with E-state index in [9.17, 15) is 27.6 Å². The van der Waals surface area contributed by atoms with Crippen LogP contribution >= 0.6 is 0 Å². The zero-order chi connectivity index (χ0) is 13.8. The lowest BCUT2D eigenvalue weighted by atomic mass is 10.2. The second-order valence-corrected chi connectivity index (χ2v) is 3.26. The van der Waals surface area contributed by atoms with Crippen molar-refractivity contribution < 1.29 is 32.7 Å². The highest BCUT2D eigenvalue weighted by Gasteiger charge is 2.40. The SMILES string of the molecule is C[C@H](NC(=O)[C@H](C)NC(=O)C(F)(F)F)C(=O)O. The van der Waals surface area contributed by atoms with E-state index in [0.29, 0.717) is 0 Å². The van der Waals surface area contributed by atoms with Crippen LogP contribution in [-0.2, 0) is 14.4 Å². The van der Waals surface area contributed by atoms with E-state index in [1.165, 1.54) is 5.32 Å². The van der Waals surface area contributed by atoms with Gasteiger partial charge in [-0.15, -0.1) is 0 Å². The average Bonchev–Trinajstić information content (AvgIpc) is 2.15. The first-order valence-corrected chi connectivity index (χ1v) is 4.46. The first-order valence-electron chi connectivity index (χ1n) is 4.46. The molecule has 17 heavy (non-hydrogen) atoms. The van der Waals surface area contributed by atoms with Crippen molar-refractivity contribution in [3.05, 3.63) is 0 Å². The van der Waals surface area contributed by atoms with E-state index >= 15 is 0 Å². The second-order valence-electron chi connectivity index (χ2n) is 3.26. The Bertz CT molecular complexity index is 329. The molecule has 0 radical (unpaired) electrons. The number of halogens is 3. The molecule has 0 spiro atoms. The fourth-order valence-corrected chi connectivity index (χ4v) is 0.744. The first-order chi connectivity index (χ1) is 7.55. The van der Waals surface area contributed by atoms with Gasteiger partial charge in [-0.1, -0.05) is 0 Å². The number of nitrogens with one attached hydrogen (secondary N) is 2. The predicted molar refractivity (Wildman–Crippen MR) is 48.9 cm³/mol. The maximum absolute atomic E-state index is 11.8. The molecule has 98 valence electrons. The fraction of sp³-hybridized carbons (Fsp3) is 0.625. The lowest BCUT2D eigenvalue weighted by Crippen LogP contribution is -2.51. The van der Waals surface area contributed by atoms with Crippen molar-refractivity contribution in [1.29, 1.82) is 0 Å². The summed E-state index contributed by atoms with van der Waals surface area (Å²) >= 11 is 0. The Hall–Kier alpha value is -1.80. The smallest absolute Gasteiger partial charge is 0.471 e. The molecule has 0 bridgehead atoms. The van der Waals surface area contributed by atoms with Gasteiger partial charge in [0, 0.05) is 0 Å². The minimum absolute atomic E-state index is 1.01. The summed E-state index contributed by atoms with van der Waals surface area (Å²) < 4.78 is 35.5. The highest BCUT2D eigenvalue weighted by molar-refractivity contribution is 5.91. The number of carboxylic acid groups (broad SMARTS) is 1. The standard InChI is InChI=1S/C8H11F3N2O4/c1-3(13-7(17)8(9,10)11)5(14)12-4(2)6(15)16/h3-4H,1-2H3,(H,12,14)(H,13,17)(H,15,16)/t3-,4-/m0/s1. The maximum Gasteiger partial charge on any atom is 0.471 e. The molecule has 3 N–H and O–H groups in total. The first kappa shape index (κ1) is 15.2. The number of amides is 2. The number of carboxylic acids is 1. The quantitative estimate of drug-likeness (QED) is 0.640. The van der Waals surface area contributed by atoms with E-state index in [2.05, 4.69) is 0 Å². The van der Waals surface area contributed by atoms with Crippen LogP contribution in [0.3, 0.4) is 0 Å². The van der Waals surface area contributed by atoms with Crippen LogP contribution in [0.1, 0.15) is 13.8 Å². The Labute approximate surface area is 94.2 Å². The topological polar surface area (TPSA) is 95.5 Å². The van der Waals surface area contributed by atoms with E-state index in [4.69, 9.17) is 5.11 Å². The molecule has 0 aliphatic heterocycles. The molecule has 6 nitrogen and oxygen atoms in total. The van der Waals surface area contributed by atoms with Gasteiger partial charge in [-0.2, -0.15) is 13.2 Å². The molecule has 0 saturated heterocycles. The molecule has 0 aromatic rings. The summed E-state index contributed by atoms with van der Waals surface area (Å²) in [6, 6.07) is -2.74. The summed E-state index contributed by atoms with van der Waals surface area (Å²) in [5.41, 5.74) is 0. The number of rotatable bonds is 4. The third-order valence-corrected chi connectivity index (χ3v) is 1.73. The van der Waals surface area contributed by atoms with Gasteiger partial charge in [0.05, 0.1) is 0 Å². The fourth-order valence-electron chi connectivity index (χ4n) is 0.744. The van der Waals surface area contributed by atoms with Crippen molar-refractivity contribution >= 4 is 17.8 Å². The molecule has 9 heteroatoms. The van der Waals surface area contributed by atoms with Crippen molar-refractivity contribution in [2.45, 2.75) is 32.1 Å². The van der Waals surface area contributed by atoms with Crippen LogP contribution in [0.15, 0.2) is 0 Å². The molecule has 2 amide bonds. The summed E-state index contributed by atoms with van der Waals surface area (Å²) in [4.78, 5) is 32.0. The summed E-state index contributed by atoms with van der Waals surface area (Å²) in [5.74, 6) is -4.62. The van der Waals surface area contributed by atoms with Crippen molar-refractivity contribution in [3.8, 4) is 0 Å². The lowest BCUT2D eigenvalue weighted by molar-refractivity contribution is -0.174. The number of hydrogen-bond acceptors (Lipinski definition) is 3. The minimum atomic E-state index is -5.09. The lowest BCUT2D eigenvalue weighted by Gasteiger charge is -2.16. The molecule has 2 atom stereocenters. The van der Waals surface area contributed by atoms with E-state index in [1.54, 1.807) is 0 Å². The zero-order valence-corrected chi connectivity index (χ0v) is 8.96. The molecule has 0 unspecified atom stereocenters. The molecule has 0 fully saturated rings. The van der Waals surface area contributed by atoms with Crippen LogP contribution in [0, 0.1) is 0 Å². The average molecular weight is 256 g/mol. The van der Waals surface area contributed by atoms with E-state index in [1.807, 2.05) is 5.32 Å². The third kappa shape index (κ3) is 5.18. The molecule has 0 aromatic carbocycles. The van der Waals surface area contributed by atoms with Crippen LogP contribution in [0.2, 0.25) is 0 Å². The van der Waals surface area contributed by atoms with Crippen LogP contribution in [0.4, 0.5) is 13.2 Å². The van der Waals surface area contributed by atoms with Gasteiger partial charge in [-0.05, 0) is 13.8 Å². The molecule has 0 aromatic heterocycles. The van der Waals surface area contributed by atoms with Gasteiger partial charge in [0.15, 0.2) is 0 Å². The van der Waals surface area contributed by atoms with Crippen molar-refractivity contribution in [3.63, 3.8) is 0 Å². The zero-order valence-electron chi connectivity index (χ0n) is 8.96. The Kier molecular flexibility index (Phi) is 4.92. The summed E-state index contributed by atoms with van der Waals surface area (Å²) in [5, 5.41) is 11.8. The molecule has 0 saturated carbocycles. The van der Waals surface area contributed by atoms with Gasteiger partial charge in [0.1, 0.15) is 12.1 Å². The van der Waals surface area contributed by atoms with Gasteiger partial charge in [-0.3, -0.25) is 14.4 Å². The summed E-state index contributed by atoms with van der Waals surface area (Å²) in [6.07, 6.45) is -5.09. The van der Waals surface area contributed by atoms with Crippen LogP contribution in [-0.4, -0.2) is 41.2 Å². The minimum Gasteiger partial charge on any atom is -0.480 e. The highest BCUT2D eigenvalue weighted by Crippen LogP contribution is 2.14. The molecular formula is C8H11F3N2O4. The normalized spacial score (nSPS) is 14.6. The van der Waals surface area contributed by atoms with Gasteiger partial charge < -0.3 is 15.7 Å². The van der Waals surface area contributed by atoms with Crippen molar-refractivity contribution in [2.75, 3.05) is 0 Å². The maximum atomic E-state index is 11.8. The summed E-state index contributed by atoms with van der Waals surface area (Å²) in [7, 11) is 0. The van der Waals surface area contributed by atoms with Crippen molar-refractivity contribution in [2.24, 2.45) is 0 Å². The number of carbonyl (C=O) groups is 3.